The summed E-state index contributed by atoms with van der Waals surface area (Å²) in [6.07, 6.45) is 4.83. The van der Waals surface area contributed by atoms with Gasteiger partial charge in [-0.3, -0.25) is 9.59 Å². The number of fused-ring (bicyclic) bond motifs is 1. The van der Waals surface area contributed by atoms with Gasteiger partial charge < -0.3 is 21.1 Å². The number of carbonyl (C=O) groups excluding carboxylic acids is 2. The zero-order valence-corrected chi connectivity index (χ0v) is 23.4. The average molecular weight is 613 g/mol. The van der Waals surface area contributed by atoms with Crippen LogP contribution in [-0.4, -0.2) is 59.3 Å². The number of nitrogen functional groups attached to an aromatic ring is 1. The third-order valence-corrected chi connectivity index (χ3v) is 7.50. The Hall–Kier alpha value is -5.69. The van der Waals surface area contributed by atoms with Crippen molar-refractivity contribution in [1.29, 1.82) is 0 Å². The first-order chi connectivity index (χ1) is 21.2. The second-order valence-corrected chi connectivity index (χ2v) is 10.3. The number of nitrogens with two attached hydrogens (primary N) is 1. The van der Waals surface area contributed by atoms with Crippen LogP contribution in [0.15, 0.2) is 79.3 Å². The molecule has 2 aromatic heterocycles. The van der Waals surface area contributed by atoms with Gasteiger partial charge in [0, 0.05) is 30.2 Å². The lowest BCUT2D eigenvalue weighted by atomic mass is 9.86. The molecule has 0 saturated heterocycles. The van der Waals surface area contributed by atoms with Crippen LogP contribution in [0.3, 0.4) is 0 Å². The van der Waals surface area contributed by atoms with Gasteiger partial charge in [-0.15, -0.1) is 5.10 Å². The topological polar surface area (TPSA) is 169 Å². The quantitative estimate of drug-likeness (QED) is 0.255. The van der Waals surface area contributed by atoms with E-state index in [1.54, 1.807) is 30.6 Å². The number of hydrogen-bond donors (Lipinski definition) is 3. The Kier molecular flexibility index (Phi) is 7.45. The Labute approximate surface area is 253 Å². The molecule has 5 aromatic rings. The first-order valence-electron chi connectivity index (χ1n) is 13.2. The van der Waals surface area contributed by atoms with Crippen molar-refractivity contribution in [2.24, 2.45) is 0 Å². The zero-order valence-electron chi connectivity index (χ0n) is 22.7. The molecule has 1 unspecified atom stereocenters. The number of nitrogens with zero attached hydrogens (tertiary/aromatic N) is 6. The van der Waals surface area contributed by atoms with Crippen molar-refractivity contribution < 1.29 is 23.9 Å². The van der Waals surface area contributed by atoms with Gasteiger partial charge in [0.1, 0.15) is 11.7 Å². The van der Waals surface area contributed by atoms with E-state index in [9.17, 15) is 23.9 Å². The summed E-state index contributed by atoms with van der Waals surface area (Å²) in [4.78, 5) is 48.6. The molecule has 0 spiro atoms. The second kappa shape index (κ2) is 11.5. The first kappa shape index (κ1) is 28.4. The molecule has 6 rings (SSSR count). The van der Waals surface area contributed by atoms with Gasteiger partial charge in [0.25, 0.3) is 11.8 Å². The minimum Gasteiger partial charge on any atom is -0.478 e. The van der Waals surface area contributed by atoms with Gasteiger partial charge in [0.15, 0.2) is 11.5 Å². The molecule has 1 aliphatic heterocycles. The van der Waals surface area contributed by atoms with Gasteiger partial charge >= 0.3 is 5.97 Å². The number of nitrogens with one attached hydrogen (secondary N) is 1. The minimum atomic E-state index is -1.12. The van der Waals surface area contributed by atoms with Crippen molar-refractivity contribution >= 4 is 41.0 Å². The van der Waals surface area contributed by atoms with Gasteiger partial charge in [0.2, 0.25) is 5.95 Å². The number of halogens is 2. The number of aromatic nitrogens is 5. The number of hydrogen-bond acceptors (Lipinski definition) is 8. The molecule has 0 aliphatic carbocycles. The van der Waals surface area contributed by atoms with Crippen LogP contribution >= 0.6 is 11.6 Å². The monoisotopic (exact) mass is 612 g/mol. The molecule has 2 amide bonds. The summed E-state index contributed by atoms with van der Waals surface area (Å²) in [5.41, 5.74) is 8.80. The molecule has 0 fully saturated rings. The van der Waals surface area contributed by atoms with Crippen molar-refractivity contribution in [3.63, 3.8) is 0 Å². The van der Waals surface area contributed by atoms with Crippen LogP contribution in [-0.2, 0) is 11.2 Å². The first-order valence-corrected chi connectivity index (χ1v) is 13.6. The highest BCUT2D eigenvalue weighted by molar-refractivity contribution is 6.30. The summed E-state index contributed by atoms with van der Waals surface area (Å²) in [6, 6.07) is 14.3. The Bertz CT molecular complexity index is 1910. The molecule has 220 valence electrons. The molecular formula is C30H22ClFN8O4. The van der Waals surface area contributed by atoms with Crippen molar-refractivity contribution in [3.05, 3.63) is 112 Å². The van der Waals surface area contributed by atoms with Gasteiger partial charge in [-0.2, -0.15) is 0 Å². The maximum absolute atomic E-state index is 14.6. The number of carboxylic acid groups (broad SMARTS) is 1. The summed E-state index contributed by atoms with van der Waals surface area (Å²) >= 11 is 5.91. The van der Waals surface area contributed by atoms with Gasteiger partial charge in [-0.25, -0.2) is 23.8 Å². The zero-order chi connectivity index (χ0) is 31.0. The Morgan fingerprint density at radius 1 is 1.02 bits per heavy atom. The number of carboxylic acids is 1. The van der Waals surface area contributed by atoms with Crippen LogP contribution in [0.1, 0.15) is 38.0 Å². The number of aromatic carboxylic acids is 1. The Balaban J connectivity index is 1.38. The molecule has 0 bridgehead atoms. The molecule has 12 nitrogen and oxygen atoms in total. The number of benzene rings is 3. The van der Waals surface area contributed by atoms with E-state index in [4.69, 9.17) is 17.3 Å². The average Bonchev–Trinajstić information content (AvgIpc) is 3.52. The van der Waals surface area contributed by atoms with E-state index >= 15 is 0 Å². The highest BCUT2D eigenvalue weighted by Gasteiger charge is 2.38. The fourth-order valence-electron chi connectivity index (χ4n) is 5.12. The molecule has 4 N–H and O–H groups in total. The van der Waals surface area contributed by atoms with Crippen molar-refractivity contribution in [2.75, 3.05) is 17.6 Å². The highest BCUT2D eigenvalue weighted by atomic mass is 35.5. The van der Waals surface area contributed by atoms with E-state index in [1.165, 1.54) is 47.5 Å². The van der Waals surface area contributed by atoms with Crippen LogP contribution < -0.4 is 11.1 Å². The Morgan fingerprint density at radius 2 is 1.75 bits per heavy atom. The van der Waals surface area contributed by atoms with Gasteiger partial charge in [-0.1, -0.05) is 41.1 Å². The third kappa shape index (κ3) is 5.31. The molecule has 3 heterocycles. The van der Waals surface area contributed by atoms with E-state index < -0.39 is 29.6 Å². The van der Waals surface area contributed by atoms with Crippen molar-refractivity contribution in [2.45, 2.75) is 12.5 Å². The molecule has 14 heteroatoms. The summed E-state index contributed by atoms with van der Waals surface area (Å²) in [7, 11) is 0. The SMILES string of the molecule is Nc1ncc(-c2cccc3c2CCN(C(=O)c2cn(-c4cccc(Cl)c4F)nn2)C3C(=O)Nc2ccc(C(=O)O)cc2)cn1. The second-order valence-electron chi connectivity index (χ2n) is 9.85. The van der Waals surface area contributed by atoms with Crippen LogP contribution in [0.4, 0.5) is 16.0 Å². The number of anilines is 2. The lowest BCUT2D eigenvalue weighted by Gasteiger charge is -2.36. The van der Waals surface area contributed by atoms with E-state index in [-0.39, 0.29) is 34.5 Å². The number of carbonyl (C=O) groups is 3. The highest BCUT2D eigenvalue weighted by Crippen LogP contribution is 2.37. The predicted molar refractivity (Wildman–Crippen MR) is 158 cm³/mol. The number of rotatable bonds is 6. The van der Waals surface area contributed by atoms with Crippen LogP contribution in [0.2, 0.25) is 5.02 Å². The minimum absolute atomic E-state index is 0.00231. The number of amides is 2. The summed E-state index contributed by atoms with van der Waals surface area (Å²) in [6.45, 7) is 0.132. The van der Waals surface area contributed by atoms with E-state index in [2.05, 4.69) is 25.6 Å². The lowest BCUT2D eigenvalue weighted by molar-refractivity contribution is -0.121. The standard InChI is InChI=1S/C30H22ClFN8O4/c31-22-5-2-6-24(25(22)32)40-15-23(37-38-40)28(42)39-12-11-20-19(17-13-34-30(33)35-14-17)3-1-4-21(20)26(39)27(41)36-18-9-7-16(8-10-18)29(43)44/h1-10,13-15,26H,11-12H2,(H,36,41)(H,43,44)(H2,33,34,35). The maximum atomic E-state index is 14.6. The van der Waals surface area contributed by atoms with Crippen LogP contribution in [0.5, 0.6) is 0 Å². The van der Waals surface area contributed by atoms with E-state index in [0.29, 0.717) is 23.2 Å². The molecule has 0 radical (unpaired) electrons. The van der Waals surface area contributed by atoms with E-state index in [1.807, 2.05) is 6.07 Å². The smallest absolute Gasteiger partial charge is 0.335 e. The van der Waals surface area contributed by atoms with Crippen LogP contribution in [0, 0.1) is 5.82 Å². The van der Waals surface area contributed by atoms with Gasteiger partial charge in [-0.05, 0) is 59.5 Å². The normalized spacial score (nSPS) is 14.1. The summed E-state index contributed by atoms with van der Waals surface area (Å²) in [5.74, 6) is -2.86. The summed E-state index contributed by atoms with van der Waals surface area (Å²) in [5, 5.41) is 19.8. The van der Waals surface area contributed by atoms with Gasteiger partial charge in [0.05, 0.1) is 16.8 Å². The molecule has 1 aliphatic rings. The fraction of sp³-hybridized carbons (Fsp3) is 0.100. The maximum Gasteiger partial charge on any atom is 0.335 e. The van der Waals surface area contributed by atoms with Crippen molar-refractivity contribution in [3.8, 4) is 16.8 Å². The Morgan fingerprint density at radius 3 is 2.48 bits per heavy atom. The molecule has 1 atom stereocenters. The molecule has 3 aromatic carbocycles. The fourth-order valence-corrected chi connectivity index (χ4v) is 5.29. The largest absolute Gasteiger partial charge is 0.478 e. The molecular weight excluding hydrogens is 591 g/mol. The predicted octanol–water partition coefficient (Wildman–Crippen LogP) is 4.18. The van der Waals surface area contributed by atoms with Crippen molar-refractivity contribution in [1.82, 2.24) is 29.9 Å². The lowest BCUT2D eigenvalue weighted by Crippen LogP contribution is -2.45. The van der Waals surface area contributed by atoms with Crippen LogP contribution in [0.25, 0.3) is 16.8 Å². The third-order valence-electron chi connectivity index (χ3n) is 7.20. The molecule has 44 heavy (non-hydrogen) atoms. The van der Waals surface area contributed by atoms with E-state index in [0.717, 1.165) is 15.8 Å². The summed E-state index contributed by atoms with van der Waals surface area (Å²) < 4.78 is 15.7. The molecule has 0 saturated carbocycles.